The Morgan fingerprint density at radius 3 is 2.53 bits per heavy atom. The summed E-state index contributed by atoms with van der Waals surface area (Å²) in [6, 6.07) is 12.5. The molecular formula is C21H22F2N4O3. The molecular weight excluding hydrogens is 394 g/mol. The molecule has 0 atom stereocenters. The Labute approximate surface area is 172 Å². The Hall–Kier alpha value is -3.49. The fraction of sp³-hybridized carbons (Fsp3) is 0.286. The topological polar surface area (TPSA) is 78.3 Å². The van der Waals surface area contributed by atoms with Crippen molar-refractivity contribution in [1.82, 2.24) is 20.3 Å². The normalized spacial score (nSPS) is 10.9. The van der Waals surface area contributed by atoms with Crippen LogP contribution >= 0.6 is 0 Å². The summed E-state index contributed by atoms with van der Waals surface area (Å²) in [5, 5.41) is 10.8. The number of rotatable bonds is 8. The lowest BCUT2D eigenvalue weighted by molar-refractivity contribution is -0.0512. The summed E-state index contributed by atoms with van der Waals surface area (Å²) in [5.74, 6) is -0.192. The molecule has 0 fully saturated rings. The van der Waals surface area contributed by atoms with E-state index in [2.05, 4.69) is 20.4 Å². The molecule has 0 bridgehead atoms. The van der Waals surface area contributed by atoms with Crippen LogP contribution in [-0.2, 0) is 6.42 Å². The number of carbonyl (C=O) groups is 1. The number of benzene rings is 2. The predicted octanol–water partition coefficient (Wildman–Crippen LogP) is 3.47. The molecule has 3 rings (SSSR count). The average molecular weight is 416 g/mol. The zero-order chi connectivity index (χ0) is 21.7. The molecule has 7 nitrogen and oxygen atoms in total. The van der Waals surface area contributed by atoms with Crippen LogP contribution < -0.4 is 14.8 Å². The number of carbonyl (C=O) groups excluding carboxylic acids is 1. The van der Waals surface area contributed by atoms with E-state index in [0.29, 0.717) is 17.7 Å². The maximum atomic E-state index is 12.5. The summed E-state index contributed by atoms with van der Waals surface area (Å²) in [4.78, 5) is 12.5. The van der Waals surface area contributed by atoms with Gasteiger partial charge in [-0.2, -0.15) is 8.78 Å². The molecule has 0 aliphatic rings. The Morgan fingerprint density at radius 1 is 1.13 bits per heavy atom. The predicted molar refractivity (Wildman–Crippen MR) is 106 cm³/mol. The van der Waals surface area contributed by atoms with Gasteiger partial charge in [-0.3, -0.25) is 4.79 Å². The minimum atomic E-state index is -2.95. The van der Waals surface area contributed by atoms with Crippen LogP contribution in [-0.4, -0.2) is 41.2 Å². The van der Waals surface area contributed by atoms with Crippen LogP contribution in [0.4, 0.5) is 8.78 Å². The Morgan fingerprint density at radius 2 is 1.87 bits per heavy atom. The molecule has 0 aliphatic heterocycles. The molecule has 1 aromatic heterocycles. The van der Waals surface area contributed by atoms with E-state index < -0.39 is 6.61 Å². The third kappa shape index (κ3) is 4.91. The van der Waals surface area contributed by atoms with Crippen molar-refractivity contribution in [2.45, 2.75) is 26.9 Å². The first-order valence-electron chi connectivity index (χ1n) is 9.28. The van der Waals surface area contributed by atoms with Gasteiger partial charge in [-0.25, -0.2) is 4.68 Å². The largest absolute Gasteiger partial charge is 0.493 e. The maximum Gasteiger partial charge on any atom is 0.387 e. The quantitative estimate of drug-likeness (QED) is 0.608. The van der Waals surface area contributed by atoms with Crippen LogP contribution in [0.1, 0.15) is 27.3 Å². The molecule has 0 unspecified atom stereocenters. The van der Waals surface area contributed by atoms with E-state index in [9.17, 15) is 13.6 Å². The molecule has 0 saturated carbocycles. The number of ether oxygens (including phenoxy) is 2. The molecule has 2 aromatic carbocycles. The molecule has 1 heterocycles. The zero-order valence-corrected chi connectivity index (χ0v) is 16.9. The summed E-state index contributed by atoms with van der Waals surface area (Å²) < 4.78 is 36.2. The van der Waals surface area contributed by atoms with Gasteiger partial charge in [0, 0.05) is 6.54 Å². The summed E-state index contributed by atoms with van der Waals surface area (Å²) in [5.41, 5.74) is 3.50. The number of hydrogen-bond acceptors (Lipinski definition) is 5. The summed E-state index contributed by atoms with van der Waals surface area (Å²) in [6.07, 6.45) is 0.417. The van der Waals surface area contributed by atoms with Gasteiger partial charge in [-0.1, -0.05) is 29.0 Å². The van der Waals surface area contributed by atoms with E-state index in [4.69, 9.17) is 4.74 Å². The van der Waals surface area contributed by atoms with Crippen LogP contribution in [0.2, 0.25) is 0 Å². The van der Waals surface area contributed by atoms with E-state index in [1.165, 1.54) is 13.2 Å². The lowest BCUT2D eigenvalue weighted by Gasteiger charge is -2.11. The second-order valence-electron chi connectivity index (χ2n) is 6.64. The third-order valence-electron chi connectivity index (χ3n) is 4.53. The summed E-state index contributed by atoms with van der Waals surface area (Å²) >= 11 is 0. The number of aromatic nitrogens is 3. The van der Waals surface area contributed by atoms with E-state index in [1.807, 2.05) is 31.2 Å². The minimum absolute atomic E-state index is 0.0480. The highest BCUT2D eigenvalue weighted by atomic mass is 19.3. The Kier molecular flexibility index (Phi) is 6.61. The fourth-order valence-corrected chi connectivity index (χ4v) is 2.94. The number of hydrogen-bond donors (Lipinski definition) is 1. The van der Waals surface area contributed by atoms with Crippen LogP contribution in [0.25, 0.3) is 5.69 Å². The first-order chi connectivity index (χ1) is 14.4. The fourth-order valence-electron chi connectivity index (χ4n) is 2.94. The van der Waals surface area contributed by atoms with Gasteiger partial charge in [-0.05, 0) is 50.1 Å². The molecule has 1 N–H and O–H groups in total. The monoisotopic (exact) mass is 416 g/mol. The van der Waals surface area contributed by atoms with E-state index in [1.54, 1.807) is 23.7 Å². The highest BCUT2D eigenvalue weighted by Crippen LogP contribution is 2.29. The van der Waals surface area contributed by atoms with Crippen molar-refractivity contribution < 1.29 is 23.0 Å². The lowest BCUT2D eigenvalue weighted by atomic mass is 10.1. The van der Waals surface area contributed by atoms with E-state index in [-0.39, 0.29) is 29.6 Å². The van der Waals surface area contributed by atoms with E-state index >= 15 is 0 Å². The number of amides is 1. The van der Waals surface area contributed by atoms with Gasteiger partial charge in [0.05, 0.1) is 18.5 Å². The van der Waals surface area contributed by atoms with Gasteiger partial charge in [0.2, 0.25) is 0 Å². The molecule has 9 heteroatoms. The van der Waals surface area contributed by atoms with Gasteiger partial charge in [0.1, 0.15) is 0 Å². The smallest absolute Gasteiger partial charge is 0.387 e. The van der Waals surface area contributed by atoms with E-state index in [0.717, 1.165) is 11.3 Å². The standard InChI is InChI=1S/C21H22F2N4O3/c1-13-4-7-16(8-5-13)27-14(2)19(25-26-27)20(28)24-11-10-15-6-9-17(29-3)18(12-15)30-21(22)23/h4-9,12,21H,10-11H2,1-3H3,(H,24,28). The van der Waals surface area contributed by atoms with Gasteiger partial charge in [-0.15, -0.1) is 5.10 Å². The van der Waals surface area contributed by atoms with Crippen molar-refractivity contribution in [2.75, 3.05) is 13.7 Å². The zero-order valence-electron chi connectivity index (χ0n) is 16.9. The molecule has 30 heavy (non-hydrogen) atoms. The van der Waals surface area contributed by atoms with Crippen molar-refractivity contribution in [3.63, 3.8) is 0 Å². The highest BCUT2D eigenvalue weighted by Gasteiger charge is 2.17. The molecule has 0 aliphatic carbocycles. The maximum absolute atomic E-state index is 12.5. The second kappa shape index (κ2) is 9.34. The van der Waals surface area contributed by atoms with Gasteiger partial charge >= 0.3 is 6.61 Å². The van der Waals surface area contributed by atoms with Crippen molar-refractivity contribution in [3.05, 3.63) is 65.0 Å². The van der Waals surface area contributed by atoms with Gasteiger partial charge in [0.15, 0.2) is 17.2 Å². The minimum Gasteiger partial charge on any atom is -0.493 e. The van der Waals surface area contributed by atoms with Crippen molar-refractivity contribution in [3.8, 4) is 17.2 Å². The number of aryl methyl sites for hydroxylation is 1. The first kappa shape index (κ1) is 21.2. The summed E-state index contributed by atoms with van der Waals surface area (Å²) in [6.45, 7) is 1.10. The van der Waals surface area contributed by atoms with Gasteiger partial charge < -0.3 is 14.8 Å². The first-order valence-corrected chi connectivity index (χ1v) is 9.28. The Bertz CT molecular complexity index is 1020. The van der Waals surface area contributed by atoms with Crippen molar-refractivity contribution in [2.24, 2.45) is 0 Å². The van der Waals surface area contributed by atoms with Crippen molar-refractivity contribution in [1.29, 1.82) is 0 Å². The Balaban J connectivity index is 1.63. The molecule has 158 valence electrons. The van der Waals surface area contributed by atoms with Crippen LogP contribution in [0.5, 0.6) is 11.5 Å². The van der Waals surface area contributed by atoms with Crippen LogP contribution in [0.3, 0.4) is 0 Å². The number of alkyl halides is 2. The van der Waals surface area contributed by atoms with Crippen LogP contribution in [0, 0.1) is 13.8 Å². The number of nitrogens with one attached hydrogen (secondary N) is 1. The number of methoxy groups -OCH3 is 1. The summed E-state index contributed by atoms with van der Waals surface area (Å²) in [7, 11) is 1.37. The highest BCUT2D eigenvalue weighted by molar-refractivity contribution is 5.93. The third-order valence-corrected chi connectivity index (χ3v) is 4.53. The average Bonchev–Trinajstić information content (AvgIpc) is 3.10. The second-order valence-corrected chi connectivity index (χ2v) is 6.64. The lowest BCUT2D eigenvalue weighted by Crippen LogP contribution is -2.26. The molecule has 0 spiro atoms. The molecule has 3 aromatic rings. The van der Waals surface area contributed by atoms with Gasteiger partial charge in [0.25, 0.3) is 5.91 Å². The van der Waals surface area contributed by atoms with Crippen LogP contribution in [0.15, 0.2) is 42.5 Å². The van der Waals surface area contributed by atoms with Crippen molar-refractivity contribution >= 4 is 5.91 Å². The SMILES string of the molecule is COc1ccc(CCNC(=O)c2nnn(-c3ccc(C)cc3)c2C)cc1OC(F)F. The number of halogens is 2. The number of nitrogens with zero attached hydrogens (tertiary/aromatic N) is 3. The molecule has 1 amide bonds. The molecule has 0 saturated heterocycles. The molecule has 0 radical (unpaired) electrons.